The molecule has 1 aromatic heterocycles. The second-order valence-corrected chi connectivity index (χ2v) is 7.58. The summed E-state index contributed by atoms with van der Waals surface area (Å²) in [6, 6.07) is 4.69. The highest BCUT2D eigenvalue weighted by Gasteiger charge is 2.26. The lowest BCUT2D eigenvalue weighted by Gasteiger charge is -2.39. The summed E-state index contributed by atoms with van der Waals surface area (Å²) in [6.45, 7) is 5.81. The maximum Gasteiger partial charge on any atom is 0.269 e. The summed E-state index contributed by atoms with van der Waals surface area (Å²) in [5.41, 5.74) is 1.84. The van der Waals surface area contributed by atoms with Crippen molar-refractivity contribution in [2.45, 2.75) is 51.1 Å². The minimum atomic E-state index is 0.0438. The summed E-state index contributed by atoms with van der Waals surface area (Å²) < 4.78 is 0. The number of H-pyrrole nitrogens is 1. The molecule has 3 heterocycles. The average molecular weight is 332 g/mol. The van der Waals surface area contributed by atoms with E-state index in [2.05, 4.69) is 20.9 Å². The third-order valence-corrected chi connectivity index (χ3v) is 5.41. The summed E-state index contributed by atoms with van der Waals surface area (Å²) in [6.07, 6.45) is 8.15. The van der Waals surface area contributed by atoms with Crippen LogP contribution >= 0.6 is 0 Å². The van der Waals surface area contributed by atoms with Crippen LogP contribution in [0, 0.1) is 0 Å². The Bertz CT molecular complexity index is 531. The molecule has 0 aliphatic carbocycles. The van der Waals surface area contributed by atoms with Crippen molar-refractivity contribution in [2.75, 3.05) is 40.3 Å². The van der Waals surface area contributed by atoms with Crippen LogP contribution in [0.25, 0.3) is 0 Å². The molecule has 1 amide bonds. The molecule has 0 aromatic carbocycles. The third kappa shape index (κ3) is 4.39. The molecule has 1 N–H and O–H groups in total. The molecule has 0 saturated carbocycles. The smallest absolute Gasteiger partial charge is 0.269 e. The largest absolute Gasteiger partial charge is 0.353 e. The number of aromatic amines is 1. The van der Waals surface area contributed by atoms with E-state index in [1.165, 1.54) is 58.2 Å². The second-order valence-electron chi connectivity index (χ2n) is 7.58. The maximum absolute atomic E-state index is 12.0. The fraction of sp³-hybridized carbons (Fsp3) is 0.737. The minimum Gasteiger partial charge on any atom is -0.353 e. The zero-order chi connectivity index (χ0) is 16.9. The molecule has 1 aromatic rings. The van der Waals surface area contributed by atoms with Crippen molar-refractivity contribution < 1.29 is 4.79 Å². The van der Waals surface area contributed by atoms with Crippen molar-refractivity contribution in [2.24, 2.45) is 0 Å². The number of carbonyl (C=O) groups is 1. The lowest BCUT2D eigenvalue weighted by molar-refractivity contribution is 0.0821. The molecule has 1 atom stereocenters. The molecule has 1 unspecified atom stereocenters. The number of aromatic nitrogens is 1. The van der Waals surface area contributed by atoms with Gasteiger partial charge in [-0.2, -0.15) is 0 Å². The van der Waals surface area contributed by atoms with E-state index < -0.39 is 0 Å². The van der Waals surface area contributed by atoms with E-state index in [-0.39, 0.29) is 5.91 Å². The monoisotopic (exact) mass is 332 g/mol. The quantitative estimate of drug-likeness (QED) is 0.921. The van der Waals surface area contributed by atoms with E-state index >= 15 is 0 Å². The highest BCUT2D eigenvalue weighted by molar-refractivity contribution is 5.92. The summed E-state index contributed by atoms with van der Waals surface area (Å²) in [7, 11) is 3.58. The molecule has 2 aliphatic heterocycles. The molecule has 2 aliphatic rings. The van der Waals surface area contributed by atoms with Crippen molar-refractivity contribution in [1.82, 2.24) is 19.7 Å². The Morgan fingerprint density at radius 3 is 2.58 bits per heavy atom. The highest BCUT2D eigenvalue weighted by Crippen LogP contribution is 2.21. The van der Waals surface area contributed by atoms with Crippen LogP contribution in [-0.4, -0.2) is 71.9 Å². The van der Waals surface area contributed by atoms with Gasteiger partial charge in [0.05, 0.1) is 0 Å². The molecular formula is C19H32N4O. The number of carbonyl (C=O) groups excluding carboxylic acids is 1. The predicted molar refractivity (Wildman–Crippen MR) is 97.2 cm³/mol. The summed E-state index contributed by atoms with van der Waals surface area (Å²) in [5, 5.41) is 0. The van der Waals surface area contributed by atoms with Crippen molar-refractivity contribution in [1.29, 1.82) is 0 Å². The Hall–Kier alpha value is -1.33. The SMILES string of the molecule is CN(C)C(=O)c1ccc(CN2CCCC(N3CCCCCC3)C2)[nH]1. The maximum atomic E-state index is 12.0. The van der Waals surface area contributed by atoms with Crippen LogP contribution in [-0.2, 0) is 6.54 Å². The number of nitrogens with one attached hydrogen (secondary N) is 1. The van der Waals surface area contributed by atoms with Gasteiger partial charge in [-0.15, -0.1) is 0 Å². The number of piperidine rings is 1. The number of likely N-dealkylation sites (tertiary alicyclic amines) is 2. The summed E-state index contributed by atoms with van der Waals surface area (Å²) in [4.78, 5) is 22.2. The first-order valence-electron chi connectivity index (χ1n) is 9.49. The number of nitrogens with zero attached hydrogens (tertiary/aromatic N) is 3. The van der Waals surface area contributed by atoms with Crippen LogP contribution in [0.4, 0.5) is 0 Å². The summed E-state index contributed by atoms with van der Waals surface area (Å²) >= 11 is 0. The highest BCUT2D eigenvalue weighted by atomic mass is 16.2. The molecular weight excluding hydrogens is 300 g/mol. The van der Waals surface area contributed by atoms with E-state index in [0.29, 0.717) is 5.69 Å². The van der Waals surface area contributed by atoms with Crippen LogP contribution in [0.2, 0.25) is 0 Å². The fourth-order valence-corrected chi connectivity index (χ4v) is 4.07. The minimum absolute atomic E-state index is 0.0438. The zero-order valence-electron chi connectivity index (χ0n) is 15.3. The van der Waals surface area contributed by atoms with E-state index in [9.17, 15) is 4.79 Å². The Morgan fingerprint density at radius 2 is 1.88 bits per heavy atom. The van der Waals surface area contributed by atoms with Crippen LogP contribution in [0.5, 0.6) is 0 Å². The average Bonchev–Trinajstić information content (AvgIpc) is 2.87. The van der Waals surface area contributed by atoms with Crippen molar-refractivity contribution in [3.8, 4) is 0 Å². The van der Waals surface area contributed by atoms with Gasteiger partial charge in [0, 0.05) is 38.9 Å². The van der Waals surface area contributed by atoms with Gasteiger partial charge in [-0.3, -0.25) is 14.6 Å². The molecule has 0 spiro atoms. The molecule has 0 radical (unpaired) electrons. The Morgan fingerprint density at radius 1 is 1.12 bits per heavy atom. The number of rotatable bonds is 4. The normalized spacial score (nSPS) is 23.8. The molecule has 2 saturated heterocycles. The number of amides is 1. The predicted octanol–water partition coefficient (Wildman–Crippen LogP) is 2.56. The van der Waals surface area contributed by atoms with E-state index in [1.807, 2.05) is 6.07 Å². The topological polar surface area (TPSA) is 42.6 Å². The van der Waals surface area contributed by atoms with Crippen molar-refractivity contribution in [3.63, 3.8) is 0 Å². The molecule has 2 fully saturated rings. The van der Waals surface area contributed by atoms with Gasteiger partial charge in [-0.05, 0) is 57.5 Å². The van der Waals surface area contributed by atoms with Crippen LogP contribution < -0.4 is 0 Å². The first-order valence-corrected chi connectivity index (χ1v) is 9.49. The molecule has 5 heteroatoms. The first-order chi connectivity index (χ1) is 11.6. The van der Waals surface area contributed by atoms with Gasteiger partial charge in [0.2, 0.25) is 0 Å². The lowest BCUT2D eigenvalue weighted by Crippen LogP contribution is -2.48. The van der Waals surface area contributed by atoms with Gasteiger partial charge < -0.3 is 9.88 Å². The van der Waals surface area contributed by atoms with Crippen LogP contribution in [0.3, 0.4) is 0 Å². The Kier molecular flexibility index (Phi) is 5.95. The molecule has 134 valence electrons. The van der Waals surface area contributed by atoms with Gasteiger partial charge in [-0.1, -0.05) is 12.8 Å². The summed E-state index contributed by atoms with van der Waals surface area (Å²) in [5.74, 6) is 0.0438. The van der Waals surface area contributed by atoms with Crippen LogP contribution in [0.1, 0.15) is 54.7 Å². The van der Waals surface area contributed by atoms with Crippen molar-refractivity contribution in [3.05, 3.63) is 23.5 Å². The van der Waals surface area contributed by atoms with E-state index in [4.69, 9.17) is 0 Å². The molecule has 5 nitrogen and oxygen atoms in total. The van der Waals surface area contributed by atoms with Gasteiger partial charge in [-0.25, -0.2) is 0 Å². The second kappa shape index (κ2) is 8.17. The van der Waals surface area contributed by atoms with Gasteiger partial charge in [0.25, 0.3) is 5.91 Å². The third-order valence-electron chi connectivity index (χ3n) is 5.41. The van der Waals surface area contributed by atoms with Gasteiger partial charge in [0.15, 0.2) is 0 Å². The van der Waals surface area contributed by atoms with Crippen LogP contribution in [0.15, 0.2) is 12.1 Å². The number of hydrogen-bond donors (Lipinski definition) is 1. The lowest BCUT2D eigenvalue weighted by atomic mass is 10.0. The first kappa shape index (κ1) is 17.5. The fourth-order valence-electron chi connectivity index (χ4n) is 4.07. The molecule has 24 heavy (non-hydrogen) atoms. The van der Waals surface area contributed by atoms with E-state index in [1.54, 1.807) is 19.0 Å². The van der Waals surface area contributed by atoms with E-state index in [0.717, 1.165) is 24.8 Å². The Balaban J connectivity index is 1.56. The molecule has 0 bridgehead atoms. The van der Waals surface area contributed by atoms with Crippen molar-refractivity contribution >= 4 is 5.91 Å². The standard InChI is InChI=1S/C19H32N4O/c1-21(2)19(24)18-10-9-16(20-18)14-22-11-7-8-17(15-22)23-12-5-3-4-6-13-23/h9-10,17,20H,3-8,11-15H2,1-2H3. The van der Waals surface area contributed by atoms with Gasteiger partial charge in [0.1, 0.15) is 5.69 Å². The Labute approximate surface area is 146 Å². The molecule has 3 rings (SSSR count). The van der Waals surface area contributed by atoms with Gasteiger partial charge >= 0.3 is 0 Å². The number of hydrogen-bond acceptors (Lipinski definition) is 3. The zero-order valence-corrected chi connectivity index (χ0v) is 15.3.